The Hall–Kier alpha value is -1.91. The Morgan fingerprint density at radius 1 is 1.10 bits per heavy atom. The molecule has 6 heteroatoms. The number of carbonyl (C=O) groups is 1. The Bertz CT molecular complexity index is 630. The van der Waals surface area contributed by atoms with Crippen molar-refractivity contribution in [3.05, 3.63) is 58.1 Å². The molecule has 0 spiro atoms. The summed E-state index contributed by atoms with van der Waals surface area (Å²) in [7, 11) is 0. The number of aryl methyl sites for hydroxylation is 1. The summed E-state index contributed by atoms with van der Waals surface area (Å²) in [6.07, 6.45) is 0. The summed E-state index contributed by atoms with van der Waals surface area (Å²) in [5.74, 6) is 0.690. The second-order valence-corrected chi connectivity index (χ2v) is 5.18. The molecule has 0 aromatic heterocycles. The fraction of sp³-hybridized carbons (Fsp3) is 0.133. The van der Waals surface area contributed by atoms with Crippen LogP contribution in [0.25, 0.3) is 0 Å². The van der Waals surface area contributed by atoms with Crippen LogP contribution in [0, 0.1) is 6.92 Å². The third-order valence-corrected chi connectivity index (χ3v) is 3.41. The van der Waals surface area contributed by atoms with Gasteiger partial charge in [0, 0.05) is 5.69 Å². The van der Waals surface area contributed by atoms with Crippen LogP contribution in [0.4, 0.5) is 10.5 Å². The Morgan fingerprint density at radius 2 is 1.81 bits per heavy atom. The molecule has 110 valence electrons. The SMILES string of the molecule is Cc1ccc(OCNC(=O)Nc2ccc(Cl)c(Cl)c2)cc1. The normalized spacial score (nSPS) is 10.0. The average molecular weight is 325 g/mol. The molecule has 0 bridgehead atoms. The Labute approximate surface area is 133 Å². The molecule has 0 aliphatic carbocycles. The number of hydrogen-bond acceptors (Lipinski definition) is 2. The predicted octanol–water partition coefficient (Wildman–Crippen LogP) is 4.46. The maximum absolute atomic E-state index is 11.7. The fourth-order valence-corrected chi connectivity index (χ4v) is 1.87. The number of amides is 2. The van der Waals surface area contributed by atoms with Gasteiger partial charge < -0.3 is 15.4 Å². The van der Waals surface area contributed by atoms with Crippen LogP contribution in [-0.4, -0.2) is 12.8 Å². The molecule has 0 radical (unpaired) electrons. The zero-order valence-electron chi connectivity index (χ0n) is 11.3. The van der Waals surface area contributed by atoms with Crippen molar-refractivity contribution in [3.8, 4) is 5.75 Å². The molecule has 2 N–H and O–H groups in total. The molecule has 0 aliphatic heterocycles. The highest BCUT2D eigenvalue weighted by Gasteiger charge is 2.04. The molecule has 0 heterocycles. The van der Waals surface area contributed by atoms with E-state index >= 15 is 0 Å². The molecule has 2 rings (SSSR count). The molecule has 0 saturated heterocycles. The second-order valence-electron chi connectivity index (χ2n) is 4.36. The molecule has 0 unspecified atom stereocenters. The fourth-order valence-electron chi connectivity index (χ4n) is 1.57. The summed E-state index contributed by atoms with van der Waals surface area (Å²) in [4.78, 5) is 11.7. The number of nitrogens with one attached hydrogen (secondary N) is 2. The lowest BCUT2D eigenvalue weighted by molar-refractivity contribution is 0.234. The van der Waals surface area contributed by atoms with Crippen LogP contribution >= 0.6 is 23.2 Å². The van der Waals surface area contributed by atoms with Crippen LogP contribution in [-0.2, 0) is 0 Å². The molecule has 21 heavy (non-hydrogen) atoms. The smallest absolute Gasteiger partial charge is 0.321 e. The number of urea groups is 1. The third kappa shape index (κ3) is 4.85. The van der Waals surface area contributed by atoms with Crippen LogP contribution < -0.4 is 15.4 Å². The molecule has 2 aromatic carbocycles. The lowest BCUT2D eigenvalue weighted by Crippen LogP contribution is -2.31. The van der Waals surface area contributed by atoms with Gasteiger partial charge in [0.25, 0.3) is 0 Å². The number of rotatable bonds is 4. The molecular weight excluding hydrogens is 311 g/mol. The van der Waals surface area contributed by atoms with E-state index in [2.05, 4.69) is 10.6 Å². The summed E-state index contributed by atoms with van der Waals surface area (Å²) in [5.41, 5.74) is 1.70. The highest BCUT2D eigenvalue weighted by Crippen LogP contribution is 2.24. The van der Waals surface area contributed by atoms with Crippen molar-refractivity contribution < 1.29 is 9.53 Å². The molecule has 0 fully saturated rings. The van der Waals surface area contributed by atoms with Gasteiger partial charge >= 0.3 is 6.03 Å². The van der Waals surface area contributed by atoms with Crippen LogP contribution in [0.2, 0.25) is 10.0 Å². The highest BCUT2D eigenvalue weighted by atomic mass is 35.5. The van der Waals surface area contributed by atoms with Crippen molar-refractivity contribution >= 4 is 34.9 Å². The monoisotopic (exact) mass is 324 g/mol. The van der Waals surface area contributed by atoms with Gasteiger partial charge in [-0.3, -0.25) is 0 Å². The first-order valence-electron chi connectivity index (χ1n) is 6.24. The lowest BCUT2D eigenvalue weighted by Gasteiger charge is -2.10. The van der Waals surface area contributed by atoms with Gasteiger partial charge in [0.1, 0.15) is 5.75 Å². The molecule has 2 amide bonds. The molecule has 0 aliphatic rings. The van der Waals surface area contributed by atoms with Gasteiger partial charge in [-0.05, 0) is 37.3 Å². The minimum atomic E-state index is -0.388. The predicted molar refractivity (Wildman–Crippen MR) is 85.3 cm³/mol. The first-order valence-corrected chi connectivity index (χ1v) is 6.99. The highest BCUT2D eigenvalue weighted by molar-refractivity contribution is 6.42. The largest absolute Gasteiger partial charge is 0.473 e. The van der Waals surface area contributed by atoms with E-state index in [1.165, 1.54) is 0 Å². The number of anilines is 1. The maximum Gasteiger partial charge on any atom is 0.321 e. The van der Waals surface area contributed by atoms with Gasteiger partial charge in [-0.25, -0.2) is 4.79 Å². The lowest BCUT2D eigenvalue weighted by atomic mass is 10.2. The van der Waals surface area contributed by atoms with E-state index in [4.69, 9.17) is 27.9 Å². The summed E-state index contributed by atoms with van der Waals surface area (Å²) in [6.45, 7) is 2.06. The van der Waals surface area contributed by atoms with E-state index in [-0.39, 0.29) is 12.8 Å². The molecule has 2 aromatic rings. The summed E-state index contributed by atoms with van der Waals surface area (Å²) >= 11 is 11.7. The average Bonchev–Trinajstić information content (AvgIpc) is 2.45. The van der Waals surface area contributed by atoms with E-state index in [1.807, 2.05) is 31.2 Å². The number of hydrogen-bond donors (Lipinski definition) is 2. The molecule has 4 nitrogen and oxygen atoms in total. The van der Waals surface area contributed by atoms with Crippen molar-refractivity contribution in [1.29, 1.82) is 0 Å². The zero-order valence-corrected chi connectivity index (χ0v) is 12.8. The van der Waals surface area contributed by atoms with Gasteiger partial charge in [-0.2, -0.15) is 0 Å². The van der Waals surface area contributed by atoms with Crippen molar-refractivity contribution in [2.45, 2.75) is 6.92 Å². The minimum Gasteiger partial charge on any atom is -0.473 e. The molecule has 0 atom stereocenters. The van der Waals surface area contributed by atoms with Gasteiger partial charge in [0.15, 0.2) is 6.73 Å². The van der Waals surface area contributed by atoms with E-state index in [0.29, 0.717) is 21.5 Å². The van der Waals surface area contributed by atoms with Crippen LogP contribution in [0.3, 0.4) is 0 Å². The van der Waals surface area contributed by atoms with Crippen molar-refractivity contribution in [2.75, 3.05) is 12.0 Å². The summed E-state index contributed by atoms with van der Waals surface area (Å²) in [5, 5.41) is 6.03. The Balaban J connectivity index is 1.79. The summed E-state index contributed by atoms with van der Waals surface area (Å²) < 4.78 is 5.39. The zero-order chi connectivity index (χ0) is 15.2. The first kappa shape index (κ1) is 15.5. The maximum atomic E-state index is 11.7. The number of halogens is 2. The second kappa shape index (κ2) is 7.20. The van der Waals surface area contributed by atoms with Crippen molar-refractivity contribution in [2.24, 2.45) is 0 Å². The molecule has 0 saturated carbocycles. The van der Waals surface area contributed by atoms with E-state index in [9.17, 15) is 4.79 Å². The Kier molecular flexibility index (Phi) is 5.31. The Morgan fingerprint density at radius 3 is 2.48 bits per heavy atom. The van der Waals surface area contributed by atoms with E-state index in [0.717, 1.165) is 5.56 Å². The van der Waals surface area contributed by atoms with Crippen LogP contribution in [0.1, 0.15) is 5.56 Å². The van der Waals surface area contributed by atoms with Gasteiger partial charge in [-0.1, -0.05) is 40.9 Å². The third-order valence-electron chi connectivity index (χ3n) is 2.67. The quantitative estimate of drug-likeness (QED) is 0.816. The van der Waals surface area contributed by atoms with E-state index < -0.39 is 0 Å². The number of carbonyl (C=O) groups excluding carboxylic acids is 1. The van der Waals surface area contributed by atoms with Gasteiger partial charge in [0.2, 0.25) is 0 Å². The summed E-state index contributed by atoms with van der Waals surface area (Å²) in [6, 6.07) is 12.0. The van der Waals surface area contributed by atoms with Gasteiger partial charge in [-0.15, -0.1) is 0 Å². The van der Waals surface area contributed by atoms with E-state index in [1.54, 1.807) is 18.2 Å². The minimum absolute atomic E-state index is 0.0657. The van der Waals surface area contributed by atoms with Crippen molar-refractivity contribution in [1.82, 2.24) is 5.32 Å². The number of ether oxygens (including phenoxy) is 1. The number of benzene rings is 2. The van der Waals surface area contributed by atoms with Crippen LogP contribution in [0.15, 0.2) is 42.5 Å². The first-order chi connectivity index (χ1) is 10.0. The molecular formula is C15H14Cl2N2O2. The van der Waals surface area contributed by atoms with Crippen LogP contribution in [0.5, 0.6) is 5.75 Å². The topological polar surface area (TPSA) is 50.4 Å². The van der Waals surface area contributed by atoms with Crippen molar-refractivity contribution in [3.63, 3.8) is 0 Å². The van der Waals surface area contributed by atoms with Gasteiger partial charge in [0.05, 0.1) is 10.0 Å². The standard InChI is InChI=1S/C15H14Cl2N2O2/c1-10-2-5-12(6-3-10)21-9-18-15(20)19-11-4-7-13(16)14(17)8-11/h2-8H,9H2,1H3,(H2,18,19,20).